The summed E-state index contributed by atoms with van der Waals surface area (Å²) in [6.45, 7) is 0.759. The van der Waals surface area contributed by atoms with Gasteiger partial charge in [-0.25, -0.2) is 0 Å². The Balaban J connectivity index is 1.83. The molecule has 2 rings (SSSR count). The summed E-state index contributed by atoms with van der Waals surface area (Å²) in [5.74, 6) is 1.89. The third-order valence-corrected chi connectivity index (χ3v) is 2.82. The Bertz CT molecular complexity index is 303. The molecule has 1 aliphatic rings. The topological polar surface area (TPSA) is 49.7 Å². The van der Waals surface area contributed by atoms with Crippen LogP contribution in [0.25, 0.3) is 0 Å². The van der Waals surface area contributed by atoms with E-state index in [0.29, 0.717) is 12.5 Å². The van der Waals surface area contributed by atoms with Gasteiger partial charge in [0.25, 0.3) is 0 Å². The van der Waals surface area contributed by atoms with Gasteiger partial charge >= 0.3 is 0 Å². The van der Waals surface area contributed by atoms with Gasteiger partial charge in [-0.05, 0) is 43.0 Å². The van der Waals surface area contributed by atoms with Gasteiger partial charge in [-0.2, -0.15) is 0 Å². The minimum Gasteiger partial charge on any atom is -0.508 e. The largest absolute Gasteiger partial charge is 0.508 e. The second-order valence-electron chi connectivity index (χ2n) is 4.08. The van der Waals surface area contributed by atoms with E-state index in [1.165, 1.54) is 12.8 Å². The summed E-state index contributed by atoms with van der Waals surface area (Å²) in [6.07, 6.45) is 2.42. The van der Waals surface area contributed by atoms with Gasteiger partial charge in [0.05, 0.1) is 6.61 Å². The molecule has 0 amide bonds. The van der Waals surface area contributed by atoms with Crippen molar-refractivity contribution < 1.29 is 14.9 Å². The van der Waals surface area contributed by atoms with E-state index in [0.717, 1.165) is 5.75 Å². The molecule has 0 bridgehead atoms. The van der Waals surface area contributed by atoms with E-state index in [1.54, 1.807) is 24.3 Å². The van der Waals surface area contributed by atoms with Crippen LogP contribution in [0.4, 0.5) is 0 Å². The Labute approximate surface area is 89.3 Å². The lowest BCUT2D eigenvalue weighted by atomic mass is 10.1. The van der Waals surface area contributed by atoms with Gasteiger partial charge in [-0.3, -0.25) is 0 Å². The molecule has 1 fully saturated rings. The lowest BCUT2D eigenvalue weighted by Gasteiger charge is -2.14. The van der Waals surface area contributed by atoms with Crippen molar-refractivity contribution in [1.29, 1.82) is 0 Å². The van der Waals surface area contributed by atoms with E-state index in [1.807, 2.05) is 0 Å². The van der Waals surface area contributed by atoms with Crippen molar-refractivity contribution in [1.82, 2.24) is 0 Å². The minimum atomic E-state index is 0.197. The van der Waals surface area contributed by atoms with Crippen molar-refractivity contribution in [3.63, 3.8) is 0 Å². The number of phenols is 1. The first-order valence-electron chi connectivity index (χ1n) is 5.32. The van der Waals surface area contributed by atoms with Crippen LogP contribution in [0.3, 0.4) is 0 Å². The second-order valence-corrected chi connectivity index (χ2v) is 4.08. The van der Waals surface area contributed by atoms with Crippen molar-refractivity contribution in [2.24, 2.45) is 11.8 Å². The molecule has 82 valence electrons. The van der Waals surface area contributed by atoms with E-state index < -0.39 is 0 Å². The molecule has 0 aromatic heterocycles. The summed E-state index contributed by atoms with van der Waals surface area (Å²) in [7, 11) is 0. The van der Waals surface area contributed by atoms with Gasteiger partial charge in [-0.1, -0.05) is 0 Å². The van der Waals surface area contributed by atoms with Gasteiger partial charge in [0.2, 0.25) is 0 Å². The molecular weight excluding hydrogens is 192 g/mol. The smallest absolute Gasteiger partial charge is 0.119 e. The zero-order valence-corrected chi connectivity index (χ0v) is 8.60. The highest BCUT2D eigenvalue weighted by molar-refractivity contribution is 5.30. The van der Waals surface area contributed by atoms with Crippen molar-refractivity contribution >= 4 is 0 Å². The average Bonchev–Trinajstić information content (AvgIpc) is 3.06. The van der Waals surface area contributed by atoms with Crippen LogP contribution in [0.2, 0.25) is 0 Å². The van der Waals surface area contributed by atoms with Gasteiger partial charge in [0.15, 0.2) is 0 Å². The maximum atomic E-state index is 9.14. The molecular formula is C12H16O3. The summed E-state index contributed by atoms with van der Waals surface area (Å²) in [5, 5.41) is 18.2. The Kier molecular flexibility index (Phi) is 3.11. The number of hydrogen-bond donors (Lipinski definition) is 2. The van der Waals surface area contributed by atoms with Crippen LogP contribution in [0.15, 0.2) is 24.3 Å². The van der Waals surface area contributed by atoms with Crippen LogP contribution >= 0.6 is 0 Å². The normalized spacial score (nSPS) is 17.4. The van der Waals surface area contributed by atoms with Gasteiger partial charge in [-0.15, -0.1) is 0 Å². The molecule has 1 aliphatic carbocycles. The Morgan fingerprint density at radius 3 is 2.47 bits per heavy atom. The monoisotopic (exact) mass is 208 g/mol. The highest BCUT2D eigenvalue weighted by Crippen LogP contribution is 2.36. The summed E-state index contributed by atoms with van der Waals surface area (Å²) in [5.41, 5.74) is 0. The molecule has 1 unspecified atom stereocenters. The van der Waals surface area contributed by atoms with E-state index in [4.69, 9.17) is 14.9 Å². The highest BCUT2D eigenvalue weighted by Gasteiger charge is 2.30. The van der Waals surface area contributed by atoms with Crippen LogP contribution in [-0.4, -0.2) is 23.4 Å². The summed E-state index contributed by atoms with van der Waals surface area (Å²) in [6, 6.07) is 6.66. The molecule has 1 saturated carbocycles. The molecule has 1 atom stereocenters. The third kappa shape index (κ3) is 2.86. The molecule has 2 N–H and O–H groups in total. The van der Waals surface area contributed by atoms with Crippen LogP contribution < -0.4 is 4.74 Å². The third-order valence-electron chi connectivity index (χ3n) is 2.82. The van der Waals surface area contributed by atoms with Crippen molar-refractivity contribution in [3.05, 3.63) is 24.3 Å². The zero-order chi connectivity index (χ0) is 10.7. The van der Waals surface area contributed by atoms with E-state index in [9.17, 15) is 0 Å². The number of ether oxygens (including phenoxy) is 1. The molecule has 1 aromatic rings. The van der Waals surface area contributed by atoms with Crippen molar-refractivity contribution in [2.75, 3.05) is 13.2 Å². The number of aromatic hydroxyl groups is 1. The number of phenolic OH excluding ortho intramolecular Hbond substituents is 1. The summed E-state index contributed by atoms with van der Waals surface area (Å²) in [4.78, 5) is 0. The molecule has 0 aliphatic heterocycles. The van der Waals surface area contributed by atoms with Crippen LogP contribution in [-0.2, 0) is 0 Å². The number of aliphatic hydroxyl groups is 1. The molecule has 3 nitrogen and oxygen atoms in total. The first kappa shape index (κ1) is 10.3. The highest BCUT2D eigenvalue weighted by atomic mass is 16.5. The average molecular weight is 208 g/mol. The Hall–Kier alpha value is -1.22. The maximum absolute atomic E-state index is 9.14. The Morgan fingerprint density at radius 1 is 1.27 bits per heavy atom. The van der Waals surface area contributed by atoms with Gasteiger partial charge < -0.3 is 14.9 Å². The standard InChI is InChI=1S/C12H16O3/c13-7-10(9-1-2-9)8-15-12-5-3-11(14)4-6-12/h3-6,9-10,13-14H,1-2,7-8H2. The molecule has 0 spiro atoms. The zero-order valence-electron chi connectivity index (χ0n) is 8.60. The predicted molar refractivity (Wildman–Crippen MR) is 56.9 cm³/mol. The summed E-state index contributed by atoms with van der Waals surface area (Å²) >= 11 is 0. The SMILES string of the molecule is OCC(COc1ccc(O)cc1)C1CC1. The van der Waals surface area contributed by atoms with Crippen LogP contribution in [0.1, 0.15) is 12.8 Å². The van der Waals surface area contributed by atoms with Crippen LogP contribution in [0.5, 0.6) is 11.5 Å². The lowest BCUT2D eigenvalue weighted by Crippen LogP contribution is -2.17. The minimum absolute atomic E-state index is 0.197. The fourth-order valence-corrected chi connectivity index (χ4v) is 1.65. The van der Waals surface area contributed by atoms with Gasteiger partial charge in [0.1, 0.15) is 11.5 Å². The Morgan fingerprint density at radius 2 is 1.93 bits per heavy atom. The molecule has 0 saturated heterocycles. The molecule has 0 heterocycles. The van der Waals surface area contributed by atoms with Crippen molar-refractivity contribution in [2.45, 2.75) is 12.8 Å². The first-order valence-corrected chi connectivity index (χ1v) is 5.32. The molecule has 3 heteroatoms. The first-order chi connectivity index (χ1) is 7.29. The molecule has 15 heavy (non-hydrogen) atoms. The number of aliphatic hydroxyl groups excluding tert-OH is 1. The quantitative estimate of drug-likeness (QED) is 0.775. The second kappa shape index (κ2) is 4.53. The van der Waals surface area contributed by atoms with E-state index in [-0.39, 0.29) is 18.3 Å². The summed E-state index contributed by atoms with van der Waals surface area (Å²) < 4.78 is 5.54. The maximum Gasteiger partial charge on any atom is 0.119 e. The lowest BCUT2D eigenvalue weighted by molar-refractivity contribution is 0.147. The fraction of sp³-hybridized carbons (Fsp3) is 0.500. The van der Waals surface area contributed by atoms with Crippen LogP contribution in [0, 0.1) is 11.8 Å². The fourth-order valence-electron chi connectivity index (χ4n) is 1.65. The number of benzene rings is 1. The van der Waals surface area contributed by atoms with Gasteiger partial charge in [0, 0.05) is 12.5 Å². The number of rotatable bonds is 5. The molecule has 1 aromatic carbocycles. The van der Waals surface area contributed by atoms with E-state index in [2.05, 4.69) is 0 Å². The van der Waals surface area contributed by atoms with Crippen molar-refractivity contribution in [3.8, 4) is 11.5 Å². The van der Waals surface area contributed by atoms with E-state index >= 15 is 0 Å². The molecule has 0 radical (unpaired) electrons. The predicted octanol–water partition coefficient (Wildman–Crippen LogP) is 1.79. The number of hydrogen-bond acceptors (Lipinski definition) is 3.